The largest absolute Gasteiger partial charge is 0.338 e. The van der Waals surface area contributed by atoms with E-state index in [1.165, 1.54) is 11.8 Å². The fourth-order valence-electron chi connectivity index (χ4n) is 3.14. The predicted octanol–water partition coefficient (Wildman–Crippen LogP) is 2.13. The predicted molar refractivity (Wildman–Crippen MR) is 92.1 cm³/mol. The Morgan fingerprint density at radius 1 is 1.22 bits per heavy atom. The first-order valence-electron chi connectivity index (χ1n) is 8.20. The molecule has 1 aromatic rings. The molecule has 6 heteroatoms. The molecule has 23 heavy (non-hydrogen) atoms. The number of hydrogen-bond donors (Lipinski definition) is 2. The second kappa shape index (κ2) is 8.34. The van der Waals surface area contributed by atoms with Crippen molar-refractivity contribution in [2.24, 2.45) is 5.92 Å². The molecule has 0 spiro atoms. The second-order valence-corrected chi connectivity index (χ2v) is 8.63. The molecule has 2 rings (SSSR count). The number of rotatable bonds is 7. The smallest absolute Gasteiger partial charge is 0.315 e. The van der Waals surface area contributed by atoms with Gasteiger partial charge in [0.15, 0.2) is 0 Å². The third-order valence-electron chi connectivity index (χ3n) is 4.29. The van der Waals surface area contributed by atoms with Crippen LogP contribution in [0, 0.1) is 5.92 Å². The van der Waals surface area contributed by atoms with Gasteiger partial charge in [0.2, 0.25) is 0 Å². The van der Waals surface area contributed by atoms with Crippen molar-refractivity contribution < 1.29 is 13.2 Å². The summed E-state index contributed by atoms with van der Waals surface area (Å²) in [6.07, 6.45) is 5.92. The van der Waals surface area contributed by atoms with E-state index in [1.54, 1.807) is 0 Å². The van der Waals surface area contributed by atoms with Crippen molar-refractivity contribution >= 4 is 15.9 Å². The molecular formula is C17H26N2O3S. The zero-order valence-corrected chi connectivity index (χ0v) is 14.4. The number of sulfone groups is 1. The van der Waals surface area contributed by atoms with E-state index >= 15 is 0 Å². The van der Waals surface area contributed by atoms with Crippen LogP contribution in [0.1, 0.15) is 31.2 Å². The Hall–Kier alpha value is -1.56. The number of carbonyl (C=O) groups is 1. The Morgan fingerprint density at radius 2 is 1.96 bits per heavy atom. The van der Waals surface area contributed by atoms with Crippen LogP contribution < -0.4 is 10.6 Å². The fourth-order valence-corrected chi connectivity index (χ4v) is 3.81. The highest BCUT2D eigenvalue weighted by molar-refractivity contribution is 7.90. The number of carbonyl (C=O) groups excluding carboxylic acids is 1. The Morgan fingerprint density at radius 3 is 2.65 bits per heavy atom. The van der Waals surface area contributed by atoms with Gasteiger partial charge in [-0.15, -0.1) is 0 Å². The van der Waals surface area contributed by atoms with Crippen molar-refractivity contribution in [2.75, 3.05) is 18.6 Å². The molecule has 5 nitrogen and oxygen atoms in total. The van der Waals surface area contributed by atoms with Crippen LogP contribution in [0.5, 0.6) is 0 Å². The van der Waals surface area contributed by atoms with Gasteiger partial charge in [-0.25, -0.2) is 13.2 Å². The van der Waals surface area contributed by atoms with E-state index in [9.17, 15) is 13.2 Å². The van der Waals surface area contributed by atoms with Crippen LogP contribution in [-0.4, -0.2) is 39.0 Å². The summed E-state index contributed by atoms with van der Waals surface area (Å²) in [7, 11) is -2.96. The molecular weight excluding hydrogens is 312 g/mol. The molecule has 128 valence electrons. The van der Waals surface area contributed by atoms with Crippen LogP contribution in [0.25, 0.3) is 0 Å². The lowest BCUT2D eigenvalue weighted by molar-refractivity contribution is 0.233. The van der Waals surface area contributed by atoms with Crippen LogP contribution in [0.4, 0.5) is 4.79 Å². The number of urea groups is 1. The highest BCUT2D eigenvalue weighted by Gasteiger charge is 2.28. The Labute approximate surface area is 138 Å². The lowest BCUT2D eigenvalue weighted by Gasteiger charge is -2.21. The molecule has 0 heterocycles. The first kappa shape index (κ1) is 17.8. The molecule has 1 aromatic carbocycles. The highest BCUT2D eigenvalue weighted by atomic mass is 32.2. The average molecular weight is 338 g/mol. The summed E-state index contributed by atoms with van der Waals surface area (Å²) in [4.78, 5) is 11.9. The van der Waals surface area contributed by atoms with Crippen molar-refractivity contribution in [1.82, 2.24) is 10.6 Å². The van der Waals surface area contributed by atoms with Crippen molar-refractivity contribution in [3.8, 4) is 0 Å². The first-order chi connectivity index (χ1) is 10.9. The van der Waals surface area contributed by atoms with E-state index < -0.39 is 9.84 Å². The summed E-state index contributed by atoms with van der Waals surface area (Å²) in [5.41, 5.74) is 1.31. The molecule has 0 radical (unpaired) electrons. The zero-order valence-electron chi connectivity index (χ0n) is 13.6. The Bertz CT molecular complexity index is 602. The molecule has 1 aliphatic rings. The second-order valence-electron chi connectivity index (χ2n) is 6.37. The molecule has 1 aliphatic carbocycles. The minimum absolute atomic E-state index is 0.105. The zero-order chi connectivity index (χ0) is 16.7. The summed E-state index contributed by atoms with van der Waals surface area (Å²) in [6.45, 7) is 0.384. The van der Waals surface area contributed by atoms with Gasteiger partial charge in [-0.05, 0) is 37.2 Å². The number of amides is 2. The van der Waals surface area contributed by atoms with Gasteiger partial charge >= 0.3 is 6.03 Å². The van der Waals surface area contributed by atoms with Crippen molar-refractivity contribution in [1.29, 1.82) is 0 Å². The maximum Gasteiger partial charge on any atom is 0.315 e. The normalized spacial score (nSPS) is 21.1. The topological polar surface area (TPSA) is 75.3 Å². The summed E-state index contributed by atoms with van der Waals surface area (Å²) in [5.74, 6) is 0.576. The van der Waals surface area contributed by atoms with E-state index in [4.69, 9.17) is 0 Å². The van der Waals surface area contributed by atoms with Crippen LogP contribution in [-0.2, 0) is 16.3 Å². The van der Waals surface area contributed by atoms with Gasteiger partial charge in [0.25, 0.3) is 0 Å². The summed E-state index contributed by atoms with van der Waals surface area (Å²) in [6, 6.07) is 10.4. The molecule has 0 aromatic heterocycles. The molecule has 0 aliphatic heterocycles. The maximum atomic E-state index is 11.9. The van der Waals surface area contributed by atoms with Gasteiger partial charge in [-0.3, -0.25) is 0 Å². The van der Waals surface area contributed by atoms with Crippen LogP contribution in [0.3, 0.4) is 0 Å². The monoisotopic (exact) mass is 338 g/mol. The minimum atomic E-state index is -2.96. The molecule has 0 saturated heterocycles. The van der Waals surface area contributed by atoms with Gasteiger partial charge in [0.05, 0.1) is 5.75 Å². The third-order valence-corrected chi connectivity index (χ3v) is 5.32. The molecule has 2 N–H and O–H groups in total. The van der Waals surface area contributed by atoms with Crippen LogP contribution in [0.15, 0.2) is 30.3 Å². The van der Waals surface area contributed by atoms with Gasteiger partial charge in [0, 0.05) is 18.8 Å². The number of nitrogens with one attached hydrogen (secondary N) is 2. The summed E-state index contributed by atoms with van der Waals surface area (Å²) >= 11 is 0. The number of benzene rings is 1. The Kier molecular flexibility index (Phi) is 6.45. The SMILES string of the molecule is CS(=O)(=O)CCCNC(=O)N[C@@H]1CCC[C@H]1Cc1ccccc1. The van der Waals surface area contributed by atoms with E-state index in [2.05, 4.69) is 22.8 Å². The fraction of sp³-hybridized carbons (Fsp3) is 0.588. The quantitative estimate of drug-likeness (QED) is 0.748. The van der Waals surface area contributed by atoms with Crippen molar-refractivity contribution in [2.45, 2.75) is 38.1 Å². The standard InChI is InChI=1S/C17H26N2O3S/c1-23(21,22)12-6-11-18-17(20)19-16-10-5-9-15(16)13-14-7-3-2-4-8-14/h2-4,7-8,15-16H,5-6,9-13H2,1H3,(H2,18,19,20)/t15-,16+/m0/s1. The van der Waals surface area contributed by atoms with Crippen molar-refractivity contribution in [3.05, 3.63) is 35.9 Å². The molecule has 2 amide bonds. The van der Waals surface area contributed by atoms with Gasteiger partial charge in [-0.1, -0.05) is 36.8 Å². The van der Waals surface area contributed by atoms with Crippen molar-refractivity contribution in [3.63, 3.8) is 0 Å². The lowest BCUT2D eigenvalue weighted by atomic mass is 9.95. The molecule has 0 bridgehead atoms. The molecule has 2 atom stereocenters. The maximum absolute atomic E-state index is 11.9. The minimum Gasteiger partial charge on any atom is -0.338 e. The molecule has 1 fully saturated rings. The average Bonchev–Trinajstić information content (AvgIpc) is 2.91. The van der Waals surface area contributed by atoms with Crippen LogP contribution >= 0.6 is 0 Å². The first-order valence-corrected chi connectivity index (χ1v) is 10.3. The summed E-state index contributed by atoms with van der Waals surface area (Å²) < 4.78 is 22.1. The molecule has 0 unspecified atom stereocenters. The van der Waals surface area contributed by atoms with Crippen LogP contribution in [0.2, 0.25) is 0 Å². The van der Waals surface area contributed by atoms with E-state index in [1.807, 2.05) is 18.2 Å². The third kappa shape index (κ3) is 6.60. The lowest BCUT2D eigenvalue weighted by Crippen LogP contribution is -2.44. The van der Waals surface area contributed by atoms with E-state index in [-0.39, 0.29) is 17.8 Å². The number of hydrogen-bond acceptors (Lipinski definition) is 3. The van der Waals surface area contributed by atoms with Gasteiger partial charge in [-0.2, -0.15) is 0 Å². The highest BCUT2D eigenvalue weighted by Crippen LogP contribution is 2.28. The van der Waals surface area contributed by atoms with E-state index in [0.29, 0.717) is 18.9 Å². The van der Waals surface area contributed by atoms with E-state index in [0.717, 1.165) is 25.7 Å². The van der Waals surface area contributed by atoms with Gasteiger partial charge < -0.3 is 10.6 Å². The molecule has 1 saturated carbocycles. The summed E-state index contributed by atoms with van der Waals surface area (Å²) in [5, 5.41) is 5.80. The van der Waals surface area contributed by atoms with Gasteiger partial charge in [0.1, 0.15) is 9.84 Å². The Balaban J connectivity index is 1.74.